The van der Waals surface area contributed by atoms with Gasteiger partial charge in [-0.25, -0.2) is 0 Å². The number of hydrogen-bond donors (Lipinski definition) is 1. The summed E-state index contributed by atoms with van der Waals surface area (Å²) in [5, 5.41) is 2.86. The molecule has 0 radical (unpaired) electrons. The summed E-state index contributed by atoms with van der Waals surface area (Å²) in [4.78, 5) is 11.5. The zero-order chi connectivity index (χ0) is 11.8. The van der Waals surface area contributed by atoms with Crippen molar-refractivity contribution in [3.05, 3.63) is 27.8 Å². The van der Waals surface area contributed by atoms with E-state index in [1.54, 1.807) is 0 Å². The summed E-state index contributed by atoms with van der Waals surface area (Å²) >= 11 is 2.22. The highest BCUT2D eigenvalue weighted by atomic mass is 127. The molecule has 3 heteroatoms. The second-order valence-electron chi connectivity index (χ2n) is 3.47. The van der Waals surface area contributed by atoms with Crippen molar-refractivity contribution in [3.63, 3.8) is 0 Å². The molecule has 84 valence electrons. The average Bonchev–Trinajstić information content (AvgIpc) is 2.24. The molecule has 1 aromatic rings. The number of terminal acetylenes is 1. The number of hydrogen-bond acceptors (Lipinski definition) is 1. The molecular weight excluding hydrogens is 313 g/mol. The van der Waals surface area contributed by atoms with Crippen LogP contribution in [0.15, 0.2) is 24.3 Å². The van der Waals surface area contributed by atoms with E-state index in [9.17, 15) is 4.79 Å². The molecule has 1 amide bonds. The summed E-state index contributed by atoms with van der Waals surface area (Å²) < 4.78 is 1.11. The third-order valence-corrected chi connectivity index (χ3v) is 2.75. The topological polar surface area (TPSA) is 29.1 Å². The van der Waals surface area contributed by atoms with Crippen LogP contribution in [0.4, 0.5) is 5.69 Å². The van der Waals surface area contributed by atoms with Gasteiger partial charge in [-0.05, 0) is 53.6 Å². The fourth-order valence-corrected chi connectivity index (χ4v) is 1.85. The van der Waals surface area contributed by atoms with Gasteiger partial charge in [0.15, 0.2) is 0 Å². The van der Waals surface area contributed by atoms with Crippen molar-refractivity contribution in [2.75, 3.05) is 5.32 Å². The van der Waals surface area contributed by atoms with Crippen LogP contribution in [0.5, 0.6) is 0 Å². The van der Waals surface area contributed by atoms with Crippen LogP contribution in [0, 0.1) is 15.9 Å². The van der Waals surface area contributed by atoms with Crippen molar-refractivity contribution in [1.82, 2.24) is 0 Å². The third-order valence-electron chi connectivity index (χ3n) is 2.08. The van der Waals surface area contributed by atoms with E-state index < -0.39 is 0 Å². The molecule has 0 saturated heterocycles. The van der Waals surface area contributed by atoms with E-state index in [4.69, 9.17) is 6.42 Å². The number of benzene rings is 1. The summed E-state index contributed by atoms with van der Waals surface area (Å²) in [5.74, 6) is 2.62. The molecule has 0 heterocycles. The predicted octanol–water partition coefficient (Wildman–Crippen LogP) is 3.42. The van der Waals surface area contributed by atoms with E-state index in [-0.39, 0.29) is 5.91 Å². The first-order valence-electron chi connectivity index (χ1n) is 5.21. The van der Waals surface area contributed by atoms with Crippen LogP contribution < -0.4 is 5.32 Å². The monoisotopic (exact) mass is 327 g/mol. The molecule has 0 saturated carbocycles. The number of unbranched alkanes of at least 4 members (excludes halogenated alkanes) is 2. The molecule has 0 aliphatic carbocycles. The zero-order valence-corrected chi connectivity index (χ0v) is 11.2. The Bertz CT molecular complexity index is 395. The molecular formula is C13H14INO. The maximum atomic E-state index is 11.5. The Morgan fingerprint density at radius 1 is 1.44 bits per heavy atom. The third kappa shape index (κ3) is 5.17. The Kier molecular flexibility index (Phi) is 5.94. The average molecular weight is 327 g/mol. The van der Waals surface area contributed by atoms with Gasteiger partial charge in [0.2, 0.25) is 5.91 Å². The van der Waals surface area contributed by atoms with Crippen molar-refractivity contribution in [3.8, 4) is 12.3 Å². The van der Waals surface area contributed by atoms with Crippen molar-refractivity contribution < 1.29 is 4.79 Å². The van der Waals surface area contributed by atoms with E-state index >= 15 is 0 Å². The molecule has 2 nitrogen and oxygen atoms in total. The van der Waals surface area contributed by atoms with Crippen LogP contribution in [0.25, 0.3) is 0 Å². The molecule has 0 atom stereocenters. The van der Waals surface area contributed by atoms with Gasteiger partial charge < -0.3 is 5.32 Å². The number of anilines is 1. The normalized spacial score (nSPS) is 9.50. The number of halogens is 1. The summed E-state index contributed by atoms with van der Waals surface area (Å²) in [6, 6.07) is 7.75. The van der Waals surface area contributed by atoms with Gasteiger partial charge in [-0.3, -0.25) is 4.79 Å². The van der Waals surface area contributed by atoms with Gasteiger partial charge >= 0.3 is 0 Å². The minimum atomic E-state index is 0.0546. The number of nitrogens with one attached hydrogen (secondary N) is 1. The summed E-state index contributed by atoms with van der Waals surface area (Å²) in [7, 11) is 0. The van der Waals surface area contributed by atoms with Crippen LogP contribution >= 0.6 is 22.6 Å². The van der Waals surface area contributed by atoms with Crippen molar-refractivity contribution in [2.24, 2.45) is 0 Å². The quantitative estimate of drug-likeness (QED) is 0.501. The smallest absolute Gasteiger partial charge is 0.224 e. The Balaban J connectivity index is 2.32. The van der Waals surface area contributed by atoms with Gasteiger partial charge in [-0.15, -0.1) is 12.3 Å². The van der Waals surface area contributed by atoms with Crippen molar-refractivity contribution in [1.29, 1.82) is 0 Å². The summed E-state index contributed by atoms with van der Waals surface area (Å²) in [6.07, 6.45) is 8.18. The first-order chi connectivity index (χ1) is 7.72. The molecule has 16 heavy (non-hydrogen) atoms. The number of carbonyl (C=O) groups excluding carboxylic acids is 1. The van der Waals surface area contributed by atoms with E-state index in [2.05, 4.69) is 33.8 Å². The predicted molar refractivity (Wildman–Crippen MR) is 75.1 cm³/mol. The fourth-order valence-electron chi connectivity index (χ4n) is 1.30. The minimum absolute atomic E-state index is 0.0546. The minimum Gasteiger partial charge on any atom is -0.326 e. The lowest BCUT2D eigenvalue weighted by Crippen LogP contribution is -2.10. The van der Waals surface area contributed by atoms with Crippen LogP contribution in [0.3, 0.4) is 0 Å². The lowest BCUT2D eigenvalue weighted by molar-refractivity contribution is -0.116. The largest absolute Gasteiger partial charge is 0.326 e. The zero-order valence-electron chi connectivity index (χ0n) is 9.00. The number of carbonyl (C=O) groups is 1. The second kappa shape index (κ2) is 7.29. The van der Waals surface area contributed by atoms with E-state index in [0.717, 1.165) is 28.5 Å². The van der Waals surface area contributed by atoms with Gasteiger partial charge in [-0.1, -0.05) is 6.07 Å². The van der Waals surface area contributed by atoms with E-state index in [1.807, 2.05) is 24.3 Å². The lowest BCUT2D eigenvalue weighted by Gasteiger charge is -2.04. The number of amides is 1. The molecule has 1 aromatic carbocycles. The maximum absolute atomic E-state index is 11.5. The van der Waals surface area contributed by atoms with Gasteiger partial charge in [-0.2, -0.15) is 0 Å². The molecule has 0 aliphatic heterocycles. The molecule has 1 N–H and O–H groups in total. The standard InChI is InChI=1S/C13H14INO/c1-2-3-4-5-9-13(16)15-12-8-6-7-11(14)10-12/h1,6-8,10H,3-5,9H2,(H,15,16). The van der Waals surface area contributed by atoms with Crippen LogP contribution in [-0.2, 0) is 4.79 Å². The highest BCUT2D eigenvalue weighted by molar-refractivity contribution is 14.1. The van der Waals surface area contributed by atoms with Crippen LogP contribution in [-0.4, -0.2) is 5.91 Å². The maximum Gasteiger partial charge on any atom is 0.224 e. The molecule has 0 aliphatic rings. The molecule has 0 unspecified atom stereocenters. The van der Waals surface area contributed by atoms with E-state index in [1.165, 1.54) is 0 Å². The lowest BCUT2D eigenvalue weighted by atomic mass is 10.2. The SMILES string of the molecule is C#CCCCCC(=O)Nc1cccc(I)c1. The second-order valence-corrected chi connectivity index (χ2v) is 4.72. The molecule has 0 aromatic heterocycles. The number of rotatable bonds is 5. The highest BCUT2D eigenvalue weighted by Gasteiger charge is 2.01. The van der Waals surface area contributed by atoms with E-state index in [0.29, 0.717) is 6.42 Å². The van der Waals surface area contributed by atoms with Gasteiger partial charge in [0, 0.05) is 22.1 Å². The van der Waals surface area contributed by atoms with Crippen LogP contribution in [0.2, 0.25) is 0 Å². The highest BCUT2D eigenvalue weighted by Crippen LogP contribution is 2.13. The van der Waals surface area contributed by atoms with Crippen molar-refractivity contribution in [2.45, 2.75) is 25.7 Å². The van der Waals surface area contributed by atoms with Crippen molar-refractivity contribution >= 4 is 34.2 Å². The fraction of sp³-hybridized carbons (Fsp3) is 0.308. The van der Waals surface area contributed by atoms with Gasteiger partial charge in [0.05, 0.1) is 0 Å². The summed E-state index contributed by atoms with van der Waals surface area (Å²) in [5.41, 5.74) is 0.855. The van der Waals surface area contributed by atoms with Gasteiger partial charge in [0.1, 0.15) is 0 Å². The van der Waals surface area contributed by atoms with Crippen LogP contribution in [0.1, 0.15) is 25.7 Å². The Labute approximate surface area is 110 Å². The van der Waals surface area contributed by atoms with Gasteiger partial charge in [0.25, 0.3) is 0 Å². The molecule has 0 spiro atoms. The Morgan fingerprint density at radius 2 is 2.25 bits per heavy atom. The molecule has 0 fully saturated rings. The first kappa shape index (κ1) is 13.0. The molecule has 1 rings (SSSR count). The summed E-state index contributed by atoms with van der Waals surface area (Å²) in [6.45, 7) is 0. The first-order valence-corrected chi connectivity index (χ1v) is 6.29. The Morgan fingerprint density at radius 3 is 2.94 bits per heavy atom. The Hall–Kier alpha value is -1.02. The molecule has 0 bridgehead atoms.